The fourth-order valence-electron chi connectivity index (χ4n) is 4.59. The summed E-state index contributed by atoms with van der Waals surface area (Å²) < 4.78 is 14.1. The van der Waals surface area contributed by atoms with Gasteiger partial charge in [-0.1, -0.05) is 11.6 Å². The van der Waals surface area contributed by atoms with E-state index in [-0.39, 0.29) is 41.7 Å². The number of carbonyl (C=O) groups is 1. The molecule has 0 radical (unpaired) electrons. The molecule has 1 aromatic carbocycles. The highest BCUT2D eigenvalue weighted by atomic mass is 35.5. The van der Waals surface area contributed by atoms with Crippen LogP contribution < -0.4 is 5.32 Å². The van der Waals surface area contributed by atoms with Crippen molar-refractivity contribution in [3.05, 3.63) is 46.9 Å². The number of anilines is 1. The van der Waals surface area contributed by atoms with E-state index in [0.717, 1.165) is 38.1 Å². The highest BCUT2D eigenvalue weighted by Gasteiger charge is 2.24. The van der Waals surface area contributed by atoms with Crippen molar-refractivity contribution in [2.75, 3.05) is 26.0 Å². The molecule has 0 bridgehead atoms. The maximum Gasteiger partial charge on any atom is 0.170 e. The Labute approximate surface area is 228 Å². The molecule has 1 saturated carbocycles. The van der Waals surface area contributed by atoms with Crippen molar-refractivity contribution in [3.8, 4) is 17.0 Å². The summed E-state index contributed by atoms with van der Waals surface area (Å²) >= 11 is 5.98. The summed E-state index contributed by atoms with van der Waals surface area (Å²) in [6.07, 6.45) is 7.14. The zero-order valence-electron chi connectivity index (χ0n) is 20.6. The Morgan fingerprint density at radius 3 is 2.50 bits per heavy atom. The summed E-state index contributed by atoms with van der Waals surface area (Å²) in [5.74, 6) is -0.775. The highest BCUT2D eigenvalue weighted by Crippen LogP contribution is 2.35. The number of rotatable bonds is 7. The summed E-state index contributed by atoms with van der Waals surface area (Å²) in [5.41, 5.74) is 3.27. The van der Waals surface area contributed by atoms with Crippen LogP contribution in [0.4, 0.5) is 10.1 Å². The molecule has 3 aromatic rings. The van der Waals surface area contributed by atoms with Crippen molar-refractivity contribution in [3.63, 3.8) is 0 Å². The van der Waals surface area contributed by atoms with Gasteiger partial charge in [-0.15, -0.1) is 24.8 Å². The lowest BCUT2D eigenvalue weighted by atomic mass is 9.84. The monoisotopic (exact) mass is 556 g/mol. The lowest BCUT2D eigenvalue weighted by Crippen LogP contribution is -2.28. The summed E-state index contributed by atoms with van der Waals surface area (Å²) in [7, 11) is 4.21. The van der Waals surface area contributed by atoms with Gasteiger partial charge in [0.25, 0.3) is 0 Å². The van der Waals surface area contributed by atoms with Crippen molar-refractivity contribution in [1.82, 2.24) is 14.9 Å². The van der Waals surface area contributed by atoms with Gasteiger partial charge in [0.2, 0.25) is 0 Å². The van der Waals surface area contributed by atoms with Crippen LogP contribution in [-0.2, 0) is 0 Å². The number of pyridine rings is 2. The van der Waals surface area contributed by atoms with Crippen molar-refractivity contribution in [1.29, 1.82) is 0 Å². The van der Waals surface area contributed by atoms with E-state index >= 15 is 0 Å². The minimum atomic E-state index is -0.815. The first-order chi connectivity index (χ1) is 16.2. The first kappa shape index (κ1) is 30.0. The maximum atomic E-state index is 14.1. The number of ketones is 1. The van der Waals surface area contributed by atoms with Gasteiger partial charge >= 0.3 is 0 Å². The molecule has 0 saturated heterocycles. The minimum Gasteiger partial charge on any atom is -0.504 e. The van der Waals surface area contributed by atoms with Crippen molar-refractivity contribution >= 4 is 58.9 Å². The van der Waals surface area contributed by atoms with E-state index < -0.39 is 11.6 Å². The number of phenolic OH excluding ortho intramolecular Hbond substituents is 1. The number of phenols is 1. The molecule has 36 heavy (non-hydrogen) atoms. The largest absolute Gasteiger partial charge is 0.504 e. The van der Waals surface area contributed by atoms with Crippen LogP contribution >= 0.6 is 36.4 Å². The first-order valence-electron chi connectivity index (χ1n) is 11.6. The molecule has 2 N–H and O–H groups in total. The van der Waals surface area contributed by atoms with Gasteiger partial charge in [0.1, 0.15) is 5.52 Å². The van der Waals surface area contributed by atoms with E-state index in [1.54, 1.807) is 18.3 Å². The van der Waals surface area contributed by atoms with Gasteiger partial charge in [-0.05, 0) is 89.9 Å². The van der Waals surface area contributed by atoms with Crippen LogP contribution in [0.25, 0.3) is 22.3 Å². The van der Waals surface area contributed by atoms with Gasteiger partial charge in [-0.25, -0.2) is 9.37 Å². The second kappa shape index (κ2) is 12.9. The Morgan fingerprint density at radius 1 is 1.19 bits per heavy atom. The fourth-order valence-corrected chi connectivity index (χ4v) is 4.80. The molecule has 0 spiro atoms. The average molecular weight is 558 g/mol. The number of Topliss-reactive ketones (excluding diaryl/α,β-unsaturated/α-hetero) is 1. The molecule has 4 rings (SSSR count). The molecule has 1 aliphatic rings. The second-order valence-corrected chi connectivity index (χ2v) is 9.82. The third-order valence-corrected chi connectivity index (χ3v) is 6.87. The molecule has 10 heteroatoms. The molecule has 196 valence electrons. The molecular formula is C26H32Cl3FN4O2. The third kappa shape index (κ3) is 6.76. The van der Waals surface area contributed by atoms with Gasteiger partial charge < -0.3 is 15.3 Å². The van der Waals surface area contributed by atoms with E-state index in [0.29, 0.717) is 33.5 Å². The lowest BCUT2D eigenvalue weighted by Gasteiger charge is -2.31. The first-order valence-corrected chi connectivity index (χ1v) is 12.0. The quantitative estimate of drug-likeness (QED) is 0.312. The predicted molar refractivity (Wildman–Crippen MR) is 149 cm³/mol. The van der Waals surface area contributed by atoms with Crippen LogP contribution in [0, 0.1) is 11.7 Å². The third-order valence-electron chi connectivity index (χ3n) is 6.58. The Bertz CT molecular complexity index is 1190. The molecule has 0 aliphatic heterocycles. The second-order valence-electron chi connectivity index (χ2n) is 9.41. The number of aromatic nitrogens is 2. The van der Waals surface area contributed by atoms with Crippen LogP contribution in [0.2, 0.25) is 5.02 Å². The lowest BCUT2D eigenvalue weighted by molar-refractivity contribution is 0.101. The topological polar surface area (TPSA) is 78.3 Å². The molecule has 1 fully saturated rings. The molecule has 2 heterocycles. The van der Waals surface area contributed by atoms with Gasteiger partial charge in [0.15, 0.2) is 17.3 Å². The van der Waals surface area contributed by atoms with Crippen LogP contribution in [0.1, 0.15) is 49.4 Å². The SMILES string of the molecule is CC(=O)c1cnc2ccc(-c3cc(F)c(O)c(Cl)c3)nc2c1NC1CCC(CCN(C)C)CC1.Cl.Cl. The molecule has 2 aromatic heterocycles. The maximum absolute atomic E-state index is 14.1. The number of carbonyl (C=O) groups excluding carboxylic acids is 1. The van der Waals surface area contributed by atoms with E-state index in [1.807, 2.05) is 0 Å². The summed E-state index contributed by atoms with van der Waals surface area (Å²) in [5, 5.41) is 13.2. The predicted octanol–water partition coefficient (Wildman–Crippen LogP) is 6.76. The Balaban J connectivity index is 0.00000228. The van der Waals surface area contributed by atoms with E-state index in [1.165, 1.54) is 25.5 Å². The standard InChI is InChI=1S/C26H30ClFN4O2.2ClH/c1-15(33)19-14-29-23-9-8-22(17-12-20(27)26(34)21(28)13-17)31-25(23)24(19)30-18-6-4-16(5-7-18)10-11-32(2)3;;/h8-9,12-14,16,18,34H,4-7,10-11H2,1-3H3,(H,29,30);2*1H. The molecule has 0 atom stereocenters. The average Bonchev–Trinajstić information content (AvgIpc) is 2.81. The zero-order valence-corrected chi connectivity index (χ0v) is 22.9. The molecular weight excluding hydrogens is 526 g/mol. The Morgan fingerprint density at radius 2 is 1.89 bits per heavy atom. The Hall–Kier alpha value is -2.19. The fraction of sp³-hybridized carbons (Fsp3) is 0.423. The summed E-state index contributed by atoms with van der Waals surface area (Å²) in [4.78, 5) is 23.8. The van der Waals surface area contributed by atoms with Crippen molar-refractivity contribution in [2.24, 2.45) is 5.92 Å². The van der Waals surface area contributed by atoms with Crippen molar-refractivity contribution < 1.29 is 14.3 Å². The van der Waals surface area contributed by atoms with Gasteiger partial charge in [0.05, 0.1) is 27.5 Å². The summed E-state index contributed by atoms with van der Waals surface area (Å²) in [6, 6.07) is 6.43. The number of nitrogens with one attached hydrogen (secondary N) is 1. The van der Waals surface area contributed by atoms with E-state index in [2.05, 4.69) is 29.3 Å². The van der Waals surface area contributed by atoms with E-state index in [4.69, 9.17) is 16.6 Å². The molecule has 0 amide bonds. The number of hydrogen-bond acceptors (Lipinski definition) is 6. The van der Waals surface area contributed by atoms with Gasteiger partial charge in [0, 0.05) is 17.8 Å². The van der Waals surface area contributed by atoms with Crippen LogP contribution in [0.15, 0.2) is 30.5 Å². The van der Waals surface area contributed by atoms with Crippen LogP contribution in [0.5, 0.6) is 5.75 Å². The zero-order chi connectivity index (χ0) is 24.4. The van der Waals surface area contributed by atoms with Gasteiger partial charge in [-0.3, -0.25) is 9.78 Å². The molecule has 1 aliphatic carbocycles. The van der Waals surface area contributed by atoms with Crippen molar-refractivity contribution in [2.45, 2.75) is 45.1 Å². The smallest absolute Gasteiger partial charge is 0.170 e. The molecule has 0 unspecified atom stereocenters. The summed E-state index contributed by atoms with van der Waals surface area (Å²) in [6.45, 7) is 2.62. The molecule has 6 nitrogen and oxygen atoms in total. The highest BCUT2D eigenvalue weighted by molar-refractivity contribution is 6.32. The number of hydrogen-bond donors (Lipinski definition) is 2. The number of aromatic hydroxyl groups is 1. The minimum absolute atomic E-state index is 0. The number of benzene rings is 1. The number of fused-ring (bicyclic) bond motifs is 1. The van der Waals surface area contributed by atoms with Crippen LogP contribution in [-0.4, -0.2) is 52.4 Å². The van der Waals surface area contributed by atoms with E-state index in [9.17, 15) is 14.3 Å². The normalized spacial score (nSPS) is 17.4. The number of nitrogens with zero attached hydrogens (tertiary/aromatic N) is 3. The Kier molecular flexibility index (Phi) is 10.7. The number of halogens is 4. The van der Waals surface area contributed by atoms with Gasteiger partial charge in [-0.2, -0.15) is 0 Å². The van der Waals surface area contributed by atoms with Crippen LogP contribution in [0.3, 0.4) is 0 Å².